The number of thioether (sulfide) groups is 1. The van der Waals surface area contributed by atoms with Gasteiger partial charge in [-0.2, -0.15) is 0 Å². The van der Waals surface area contributed by atoms with Gasteiger partial charge in [-0.3, -0.25) is 14.9 Å². The Morgan fingerprint density at radius 2 is 2.00 bits per heavy atom. The number of benzene rings is 2. The minimum absolute atomic E-state index is 0.0252. The third-order valence-electron chi connectivity index (χ3n) is 4.79. The van der Waals surface area contributed by atoms with Gasteiger partial charge in [0.2, 0.25) is 5.91 Å². The largest absolute Gasteiger partial charge is 0.483 e. The molecular weight excluding hydrogens is 454 g/mol. The molecule has 9 nitrogen and oxygen atoms in total. The quantitative estimate of drug-likeness (QED) is 0.281. The second kappa shape index (κ2) is 10.0. The number of carbonyl (C=O) groups is 1. The van der Waals surface area contributed by atoms with Gasteiger partial charge in [-0.05, 0) is 50.1 Å². The van der Waals surface area contributed by atoms with E-state index in [1.165, 1.54) is 35.5 Å². The zero-order chi connectivity index (χ0) is 23.4. The van der Waals surface area contributed by atoms with E-state index in [1.54, 1.807) is 11.6 Å². The SMILES string of the molecule is Cc1ccc(OC(C)c2nnc(SCC(=O)Nc3cc([N+](=O)[O-])ccc3Cl)n2C)cc1C. The minimum Gasteiger partial charge on any atom is -0.483 e. The number of rotatable bonds is 8. The molecule has 0 fully saturated rings. The number of nitrogens with one attached hydrogen (secondary N) is 1. The summed E-state index contributed by atoms with van der Waals surface area (Å²) in [7, 11) is 1.80. The fourth-order valence-electron chi connectivity index (χ4n) is 2.89. The topological polar surface area (TPSA) is 112 Å². The number of halogens is 1. The molecule has 2 aromatic carbocycles. The van der Waals surface area contributed by atoms with Crippen LogP contribution in [0.4, 0.5) is 11.4 Å². The summed E-state index contributed by atoms with van der Waals surface area (Å²) in [6, 6.07) is 9.75. The molecule has 0 saturated carbocycles. The molecule has 0 radical (unpaired) electrons. The number of non-ortho nitro benzene ring substituents is 1. The normalized spacial score (nSPS) is 11.8. The number of nitro benzene ring substituents is 1. The lowest BCUT2D eigenvalue weighted by atomic mass is 10.1. The van der Waals surface area contributed by atoms with E-state index in [9.17, 15) is 14.9 Å². The lowest BCUT2D eigenvalue weighted by Crippen LogP contribution is -2.15. The van der Waals surface area contributed by atoms with Crippen LogP contribution in [0.25, 0.3) is 0 Å². The number of carbonyl (C=O) groups excluding carboxylic acids is 1. The molecule has 3 aromatic rings. The summed E-state index contributed by atoms with van der Waals surface area (Å²) in [5.41, 5.74) is 2.35. The Kier molecular flexibility index (Phi) is 7.37. The number of anilines is 1. The Bertz CT molecular complexity index is 1170. The molecule has 0 saturated heterocycles. The van der Waals surface area contributed by atoms with E-state index in [0.29, 0.717) is 11.0 Å². The second-order valence-electron chi connectivity index (χ2n) is 7.16. The third-order valence-corrected chi connectivity index (χ3v) is 6.14. The van der Waals surface area contributed by atoms with E-state index in [2.05, 4.69) is 15.5 Å². The van der Waals surface area contributed by atoms with Crippen molar-refractivity contribution >= 4 is 40.6 Å². The molecule has 1 N–H and O–H groups in total. The molecule has 0 aliphatic heterocycles. The zero-order valence-electron chi connectivity index (χ0n) is 18.0. The molecule has 0 spiro atoms. The predicted octanol–water partition coefficient (Wildman–Crippen LogP) is 4.86. The Labute approximate surface area is 194 Å². The highest BCUT2D eigenvalue weighted by atomic mass is 35.5. The van der Waals surface area contributed by atoms with Crippen LogP contribution >= 0.6 is 23.4 Å². The third kappa shape index (κ3) is 5.57. The molecule has 3 rings (SSSR count). The smallest absolute Gasteiger partial charge is 0.271 e. The fourth-order valence-corrected chi connectivity index (χ4v) is 3.77. The van der Waals surface area contributed by atoms with Crippen molar-refractivity contribution in [1.82, 2.24) is 14.8 Å². The van der Waals surface area contributed by atoms with Crippen LogP contribution in [-0.4, -0.2) is 31.3 Å². The van der Waals surface area contributed by atoms with Crippen LogP contribution in [-0.2, 0) is 11.8 Å². The van der Waals surface area contributed by atoms with Crippen LogP contribution in [0, 0.1) is 24.0 Å². The van der Waals surface area contributed by atoms with E-state index in [0.717, 1.165) is 11.3 Å². The molecule has 0 aliphatic carbocycles. The number of hydrogen-bond acceptors (Lipinski definition) is 7. The maximum absolute atomic E-state index is 12.3. The molecule has 1 aromatic heterocycles. The predicted molar refractivity (Wildman–Crippen MR) is 123 cm³/mol. The van der Waals surface area contributed by atoms with Crippen molar-refractivity contribution in [3.8, 4) is 5.75 Å². The van der Waals surface area contributed by atoms with Gasteiger partial charge in [-0.25, -0.2) is 0 Å². The van der Waals surface area contributed by atoms with Crippen molar-refractivity contribution in [2.45, 2.75) is 32.0 Å². The first-order valence-corrected chi connectivity index (χ1v) is 11.0. The van der Waals surface area contributed by atoms with E-state index < -0.39 is 4.92 Å². The van der Waals surface area contributed by atoms with Crippen LogP contribution in [0.2, 0.25) is 5.02 Å². The maximum Gasteiger partial charge on any atom is 0.271 e. The minimum atomic E-state index is -0.553. The van der Waals surface area contributed by atoms with Gasteiger partial charge < -0.3 is 14.6 Å². The maximum atomic E-state index is 12.3. The van der Waals surface area contributed by atoms with Gasteiger partial charge >= 0.3 is 0 Å². The number of ether oxygens (including phenoxy) is 1. The Hall–Kier alpha value is -3.11. The Morgan fingerprint density at radius 3 is 2.69 bits per heavy atom. The summed E-state index contributed by atoms with van der Waals surface area (Å²) < 4.78 is 7.76. The number of aromatic nitrogens is 3. The summed E-state index contributed by atoms with van der Waals surface area (Å²) in [6.45, 7) is 5.94. The number of amides is 1. The average molecular weight is 476 g/mol. The van der Waals surface area contributed by atoms with Gasteiger partial charge in [0.25, 0.3) is 5.69 Å². The lowest BCUT2D eigenvalue weighted by Gasteiger charge is -2.15. The number of nitro groups is 1. The van der Waals surface area contributed by atoms with E-state index in [-0.39, 0.29) is 34.2 Å². The summed E-state index contributed by atoms with van der Waals surface area (Å²) in [6.07, 6.45) is -0.346. The summed E-state index contributed by atoms with van der Waals surface area (Å²) in [5.74, 6) is 1.01. The van der Waals surface area contributed by atoms with Crippen LogP contribution in [0.1, 0.15) is 30.0 Å². The number of aryl methyl sites for hydroxylation is 2. The van der Waals surface area contributed by atoms with E-state index in [4.69, 9.17) is 16.3 Å². The highest BCUT2D eigenvalue weighted by molar-refractivity contribution is 7.99. The van der Waals surface area contributed by atoms with Crippen molar-refractivity contribution in [1.29, 1.82) is 0 Å². The summed E-state index contributed by atoms with van der Waals surface area (Å²) >= 11 is 7.21. The van der Waals surface area contributed by atoms with Crippen molar-refractivity contribution < 1.29 is 14.5 Å². The van der Waals surface area contributed by atoms with Gasteiger partial charge in [0.15, 0.2) is 17.1 Å². The average Bonchev–Trinajstić information content (AvgIpc) is 3.11. The van der Waals surface area contributed by atoms with Crippen molar-refractivity contribution in [3.05, 3.63) is 68.5 Å². The van der Waals surface area contributed by atoms with Crippen molar-refractivity contribution in [2.75, 3.05) is 11.1 Å². The van der Waals surface area contributed by atoms with Gasteiger partial charge in [-0.1, -0.05) is 29.4 Å². The highest BCUT2D eigenvalue weighted by Gasteiger charge is 2.19. The molecule has 168 valence electrons. The standard InChI is InChI=1S/C21H22ClN5O4S/c1-12-5-7-16(9-13(12)2)31-14(3)20-24-25-21(26(20)4)32-11-19(28)23-18-10-15(27(29)30)6-8-17(18)22/h5-10,14H,11H2,1-4H3,(H,23,28). The van der Waals surface area contributed by atoms with Crippen molar-refractivity contribution in [2.24, 2.45) is 7.05 Å². The first kappa shape index (κ1) is 23.6. The molecule has 1 amide bonds. The first-order valence-electron chi connectivity index (χ1n) is 9.65. The van der Waals surface area contributed by atoms with E-state index >= 15 is 0 Å². The first-order chi connectivity index (χ1) is 15.2. The molecular formula is C21H22ClN5O4S. The molecule has 0 aliphatic rings. The highest BCUT2D eigenvalue weighted by Crippen LogP contribution is 2.28. The lowest BCUT2D eigenvalue weighted by molar-refractivity contribution is -0.384. The summed E-state index contributed by atoms with van der Waals surface area (Å²) in [5, 5.41) is 22.6. The molecule has 1 atom stereocenters. The molecule has 0 bridgehead atoms. The van der Waals surface area contributed by atoms with Crippen LogP contribution in [0.3, 0.4) is 0 Å². The number of hydrogen-bond donors (Lipinski definition) is 1. The second-order valence-corrected chi connectivity index (χ2v) is 8.51. The van der Waals surface area contributed by atoms with Gasteiger partial charge in [-0.15, -0.1) is 10.2 Å². The number of nitrogens with zero attached hydrogens (tertiary/aromatic N) is 4. The Morgan fingerprint density at radius 1 is 1.25 bits per heavy atom. The zero-order valence-corrected chi connectivity index (χ0v) is 19.5. The molecule has 32 heavy (non-hydrogen) atoms. The monoisotopic (exact) mass is 475 g/mol. The molecule has 1 heterocycles. The fraction of sp³-hybridized carbons (Fsp3) is 0.286. The van der Waals surface area contributed by atoms with Crippen LogP contribution in [0.5, 0.6) is 5.75 Å². The van der Waals surface area contributed by atoms with Gasteiger partial charge in [0.1, 0.15) is 5.75 Å². The summed E-state index contributed by atoms with van der Waals surface area (Å²) in [4.78, 5) is 22.7. The van der Waals surface area contributed by atoms with Crippen LogP contribution < -0.4 is 10.1 Å². The van der Waals surface area contributed by atoms with Crippen molar-refractivity contribution in [3.63, 3.8) is 0 Å². The van der Waals surface area contributed by atoms with Gasteiger partial charge in [0.05, 0.1) is 21.4 Å². The van der Waals surface area contributed by atoms with E-state index in [1.807, 2.05) is 39.0 Å². The molecule has 11 heteroatoms. The Balaban J connectivity index is 1.62. The van der Waals surface area contributed by atoms with Gasteiger partial charge in [0, 0.05) is 19.2 Å². The molecule has 1 unspecified atom stereocenters. The van der Waals surface area contributed by atoms with Crippen LogP contribution in [0.15, 0.2) is 41.6 Å².